The normalized spacial score (nSPS) is 16.5. The Labute approximate surface area is 121 Å². The Morgan fingerprint density at radius 3 is 2.95 bits per heavy atom. The fourth-order valence-corrected chi connectivity index (χ4v) is 1.89. The number of hydrogen-bond acceptors (Lipinski definition) is 3. The molecule has 0 unspecified atom stereocenters. The molecule has 1 aromatic carbocycles. The summed E-state index contributed by atoms with van der Waals surface area (Å²) in [4.78, 5) is 13.2. The van der Waals surface area contributed by atoms with E-state index >= 15 is 0 Å². The van der Waals surface area contributed by atoms with Gasteiger partial charge in [0.1, 0.15) is 17.7 Å². The molecule has 1 fully saturated rings. The number of aliphatic hydroxyl groups excluding tert-OH is 1. The van der Waals surface area contributed by atoms with Gasteiger partial charge in [-0.05, 0) is 19.1 Å². The molecule has 1 atom stereocenters. The number of halogens is 2. The Kier molecular flexibility index (Phi) is 4.67. The van der Waals surface area contributed by atoms with Crippen molar-refractivity contribution in [2.45, 2.75) is 19.1 Å². The van der Waals surface area contributed by atoms with E-state index in [1.165, 1.54) is 12.1 Å². The van der Waals surface area contributed by atoms with Crippen molar-refractivity contribution in [1.82, 2.24) is 10.2 Å². The van der Waals surface area contributed by atoms with E-state index in [0.717, 1.165) is 0 Å². The summed E-state index contributed by atoms with van der Waals surface area (Å²) >= 11 is 5.58. The Morgan fingerprint density at radius 1 is 1.65 bits per heavy atom. The summed E-state index contributed by atoms with van der Waals surface area (Å²) in [5, 5.41) is 11.7. The number of aliphatic hydroxyl groups is 1. The highest BCUT2D eigenvalue weighted by molar-refractivity contribution is 6.30. The van der Waals surface area contributed by atoms with Crippen molar-refractivity contribution in [3.05, 3.63) is 29.0 Å². The lowest BCUT2D eigenvalue weighted by Crippen LogP contribution is -2.59. The van der Waals surface area contributed by atoms with E-state index in [1.54, 1.807) is 17.9 Å². The Balaban J connectivity index is 1.76. The van der Waals surface area contributed by atoms with Crippen LogP contribution in [0.1, 0.15) is 6.92 Å². The second-order valence-electron chi connectivity index (χ2n) is 4.76. The van der Waals surface area contributed by atoms with E-state index < -0.39 is 11.9 Å². The summed E-state index contributed by atoms with van der Waals surface area (Å²) in [6.45, 7) is 2.66. The van der Waals surface area contributed by atoms with Crippen molar-refractivity contribution < 1.29 is 19.0 Å². The van der Waals surface area contributed by atoms with E-state index in [4.69, 9.17) is 21.4 Å². The van der Waals surface area contributed by atoms with Gasteiger partial charge in [-0.15, -0.1) is 0 Å². The van der Waals surface area contributed by atoms with Crippen molar-refractivity contribution in [2.24, 2.45) is 0 Å². The van der Waals surface area contributed by atoms with E-state index in [0.29, 0.717) is 18.8 Å². The molecule has 1 aliphatic heterocycles. The molecular weight excluding hydrogens is 287 g/mol. The Morgan fingerprint density at radius 2 is 2.35 bits per heavy atom. The first-order valence-corrected chi connectivity index (χ1v) is 6.66. The summed E-state index contributed by atoms with van der Waals surface area (Å²) in [5.74, 6) is -0.143. The van der Waals surface area contributed by atoms with Crippen LogP contribution in [0.5, 0.6) is 5.75 Å². The molecule has 0 saturated carbocycles. The van der Waals surface area contributed by atoms with Gasteiger partial charge in [-0.1, -0.05) is 11.6 Å². The highest BCUT2D eigenvalue weighted by Gasteiger charge is 2.32. The standard InChI is InChI=1S/C13H16ClFN2O3/c1-8(18)5-16-13(19)17-6-10(7-17)20-9-2-3-11(14)12(15)4-9/h2-4,8,10,18H,5-7H2,1H3,(H,16,19)/t8-/m1/s1. The molecule has 1 saturated heterocycles. The first-order chi connectivity index (χ1) is 9.45. The van der Waals surface area contributed by atoms with Crippen molar-refractivity contribution >= 4 is 17.6 Å². The van der Waals surface area contributed by atoms with Crippen molar-refractivity contribution in [3.8, 4) is 5.75 Å². The number of nitrogens with zero attached hydrogens (tertiary/aromatic N) is 1. The number of benzene rings is 1. The summed E-state index contributed by atoms with van der Waals surface area (Å²) in [5.41, 5.74) is 0. The number of carbonyl (C=O) groups excluding carboxylic acids is 1. The van der Waals surface area contributed by atoms with Gasteiger partial charge in [-0.25, -0.2) is 9.18 Å². The smallest absolute Gasteiger partial charge is 0.317 e. The van der Waals surface area contributed by atoms with Crippen LogP contribution < -0.4 is 10.1 Å². The quantitative estimate of drug-likeness (QED) is 0.889. The predicted octanol–water partition coefficient (Wildman–Crippen LogP) is 1.63. The third kappa shape index (κ3) is 3.74. The van der Waals surface area contributed by atoms with Gasteiger partial charge in [0.2, 0.25) is 0 Å². The third-order valence-electron chi connectivity index (χ3n) is 2.88. The molecule has 2 rings (SSSR count). The lowest BCUT2D eigenvalue weighted by Gasteiger charge is -2.38. The van der Waals surface area contributed by atoms with Gasteiger partial charge in [-0.2, -0.15) is 0 Å². The average Bonchev–Trinajstić information content (AvgIpc) is 2.34. The summed E-state index contributed by atoms with van der Waals surface area (Å²) in [6, 6.07) is 3.99. The number of hydrogen-bond donors (Lipinski definition) is 2. The topological polar surface area (TPSA) is 61.8 Å². The van der Waals surface area contributed by atoms with Crippen LogP contribution in [-0.4, -0.2) is 47.9 Å². The Hall–Kier alpha value is -1.53. The monoisotopic (exact) mass is 302 g/mol. The van der Waals surface area contributed by atoms with E-state index in [-0.39, 0.29) is 23.7 Å². The fraction of sp³-hybridized carbons (Fsp3) is 0.462. The lowest BCUT2D eigenvalue weighted by molar-refractivity contribution is 0.0431. The third-order valence-corrected chi connectivity index (χ3v) is 3.18. The number of amides is 2. The number of rotatable bonds is 4. The van der Waals surface area contributed by atoms with Crippen molar-refractivity contribution in [1.29, 1.82) is 0 Å². The van der Waals surface area contributed by atoms with Gasteiger partial charge in [0.25, 0.3) is 0 Å². The van der Waals surface area contributed by atoms with Gasteiger partial charge < -0.3 is 20.1 Å². The molecule has 2 amide bonds. The van der Waals surface area contributed by atoms with Gasteiger partial charge >= 0.3 is 6.03 Å². The van der Waals surface area contributed by atoms with Crippen LogP contribution in [-0.2, 0) is 0 Å². The minimum Gasteiger partial charge on any atom is -0.487 e. The highest BCUT2D eigenvalue weighted by atomic mass is 35.5. The zero-order valence-corrected chi connectivity index (χ0v) is 11.7. The van der Waals surface area contributed by atoms with Crippen LogP contribution in [0.3, 0.4) is 0 Å². The SMILES string of the molecule is C[C@@H](O)CNC(=O)N1CC(Oc2ccc(Cl)c(F)c2)C1. The second kappa shape index (κ2) is 6.28. The first kappa shape index (κ1) is 14.9. The summed E-state index contributed by atoms with van der Waals surface area (Å²) in [7, 11) is 0. The van der Waals surface area contributed by atoms with Crippen LogP contribution in [0.2, 0.25) is 5.02 Å². The largest absolute Gasteiger partial charge is 0.487 e. The molecular formula is C13H16ClFN2O3. The predicted molar refractivity (Wildman–Crippen MR) is 72.5 cm³/mol. The second-order valence-corrected chi connectivity index (χ2v) is 5.16. The molecule has 0 aliphatic carbocycles. The molecule has 5 nitrogen and oxygen atoms in total. The number of urea groups is 1. The maximum Gasteiger partial charge on any atom is 0.317 e. The number of nitrogens with one attached hydrogen (secondary N) is 1. The zero-order valence-electron chi connectivity index (χ0n) is 11.0. The molecule has 2 N–H and O–H groups in total. The van der Waals surface area contributed by atoms with Crippen molar-refractivity contribution in [3.63, 3.8) is 0 Å². The number of carbonyl (C=O) groups is 1. The molecule has 1 aliphatic rings. The summed E-state index contributed by atoms with van der Waals surface area (Å²) in [6.07, 6.45) is -0.739. The first-order valence-electron chi connectivity index (χ1n) is 6.28. The number of likely N-dealkylation sites (tertiary alicyclic amines) is 1. The van der Waals surface area contributed by atoms with Gasteiger partial charge in [-0.3, -0.25) is 0 Å². The van der Waals surface area contributed by atoms with Crippen LogP contribution >= 0.6 is 11.6 Å². The van der Waals surface area contributed by atoms with Crippen LogP contribution in [0.4, 0.5) is 9.18 Å². The van der Waals surface area contributed by atoms with Gasteiger partial charge in [0.15, 0.2) is 0 Å². The lowest BCUT2D eigenvalue weighted by atomic mass is 10.2. The van der Waals surface area contributed by atoms with E-state index in [1.807, 2.05) is 0 Å². The van der Waals surface area contributed by atoms with Crippen LogP contribution in [0.25, 0.3) is 0 Å². The molecule has 0 radical (unpaired) electrons. The van der Waals surface area contributed by atoms with Gasteiger partial charge in [0.05, 0.1) is 24.2 Å². The molecule has 0 bridgehead atoms. The van der Waals surface area contributed by atoms with Gasteiger partial charge in [0, 0.05) is 12.6 Å². The molecule has 1 heterocycles. The summed E-state index contributed by atoms with van der Waals surface area (Å²) < 4.78 is 18.7. The molecule has 110 valence electrons. The molecule has 0 spiro atoms. The zero-order chi connectivity index (χ0) is 14.7. The maximum atomic E-state index is 13.2. The van der Waals surface area contributed by atoms with Crippen LogP contribution in [0, 0.1) is 5.82 Å². The van der Waals surface area contributed by atoms with E-state index in [2.05, 4.69) is 5.32 Å². The molecule has 7 heteroatoms. The van der Waals surface area contributed by atoms with E-state index in [9.17, 15) is 9.18 Å². The van der Waals surface area contributed by atoms with Crippen LogP contribution in [0.15, 0.2) is 18.2 Å². The molecule has 1 aromatic rings. The molecule has 0 aromatic heterocycles. The highest BCUT2D eigenvalue weighted by Crippen LogP contribution is 2.23. The average molecular weight is 303 g/mol. The molecule has 20 heavy (non-hydrogen) atoms. The minimum absolute atomic E-state index is 0.0464. The minimum atomic E-state index is -0.579. The van der Waals surface area contributed by atoms with Crippen molar-refractivity contribution in [2.75, 3.05) is 19.6 Å². The Bertz CT molecular complexity index is 493. The fourth-order valence-electron chi connectivity index (χ4n) is 1.77. The maximum absolute atomic E-state index is 13.2. The number of ether oxygens (including phenoxy) is 1.